The van der Waals surface area contributed by atoms with Gasteiger partial charge >= 0.3 is 5.97 Å². The standard InChI is InChI=1S/C13H18O4/c1-4-17-12(13(14)15)8-10-7-9(2)5-6-11(10)16-3/h5-7,12H,4,8H2,1-3H3,(H,14,15). The van der Waals surface area contributed by atoms with Crippen LogP contribution in [-0.4, -0.2) is 30.9 Å². The fourth-order valence-electron chi connectivity index (χ4n) is 1.69. The van der Waals surface area contributed by atoms with Crippen LogP contribution in [0.1, 0.15) is 18.1 Å². The van der Waals surface area contributed by atoms with Crippen molar-refractivity contribution in [1.29, 1.82) is 0 Å². The van der Waals surface area contributed by atoms with E-state index in [0.717, 1.165) is 11.1 Å². The molecule has 17 heavy (non-hydrogen) atoms. The van der Waals surface area contributed by atoms with Gasteiger partial charge in [0, 0.05) is 13.0 Å². The maximum Gasteiger partial charge on any atom is 0.333 e. The lowest BCUT2D eigenvalue weighted by Crippen LogP contribution is -2.26. The zero-order valence-corrected chi connectivity index (χ0v) is 10.4. The highest BCUT2D eigenvalue weighted by Crippen LogP contribution is 2.22. The molecular weight excluding hydrogens is 220 g/mol. The summed E-state index contributed by atoms with van der Waals surface area (Å²) in [5, 5.41) is 9.03. The van der Waals surface area contributed by atoms with E-state index in [-0.39, 0.29) is 0 Å². The van der Waals surface area contributed by atoms with Gasteiger partial charge in [0.15, 0.2) is 6.10 Å². The van der Waals surface area contributed by atoms with E-state index in [1.54, 1.807) is 14.0 Å². The highest BCUT2D eigenvalue weighted by molar-refractivity contribution is 5.73. The van der Waals surface area contributed by atoms with E-state index < -0.39 is 12.1 Å². The largest absolute Gasteiger partial charge is 0.496 e. The lowest BCUT2D eigenvalue weighted by atomic mass is 10.0. The molecule has 0 aliphatic rings. The van der Waals surface area contributed by atoms with E-state index in [1.807, 2.05) is 25.1 Å². The SMILES string of the molecule is CCOC(Cc1cc(C)ccc1OC)C(=O)O. The van der Waals surface area contributed by atoms with Gasteiger partial charge in [-0.2, -0.15) is 0 Å². The number of aryl methyl sites for hydroxylation is 1. The van der Waals surface area contributed by atoms with Crippen molar-refractivity contribution >= 4 is 5.97 Å². The van der Waals surface area contributed by atoms with Crippen molar-refractivity contribution in [2.24, 2.45) is 0 Å². The highest BCUT2D eigenvalue weighted by Gasteiger charge is 2.19. The summed E-state index contributed by atoms with van der Waals surface area (Å²) in [6.45, 7) is 4.12. The second-order valence-corrected chi connectivity index (χ2v) is 3.80. The Morgan fingerprint density at radius 2 is 2.18 bits per heavy atom. The van der Waals surface area contributed by atoms with Crippen LogP contribution in [0.5, 0.6) is 5.75 Å². The summed E-state index contributed by atoms with van der Waals surface area (Å²) >= 11 is 0. The molecule has 0 bridgehead atoms. The van der Waals surface area contributed by atoms with Crippen LogP contribution in [0, 0.1) is 6.92 Å². The van der Waals surface area contributed by atoms with Gasteiger partial charge in [-0.1, -0.05) is 17.7 Å². The monoisotopic (exact) mass is 238 g/mol. The normalized spacial score (nSPS) is 12.2. The van der Waals surface area contributed by atoms with Crippen LogP contribution in [0.25, 0.3) is 0 Å². The summed E-state index contributed by atoms with van der Waals surface area (Å²) in [6, 6.07) is 5.70. The number of carboxylic acids is 1. The predicted molar refractivity (Wildman–Crippen MR) is 64.5 cm³/mol. The van der Waals surface area contributed by atoms with Crippen molar-refractivity contribution in [1.82, 2.24) is 0 Å². The van der Waals surface area contributed by atoms with Gasteiger partial charge in [-0.15, -0.1) is 0 Å². The van der Waals surface area contributed by atoms with Crippen molar-refractivity contribution in [3.05, 3.63) is 29.3 Å². The fourth-order valence-corrected chi connectivity index (χ4v) is 1.69. The third-order valence-electron chi connectivity index (χ3n) is 2.48. The molecule has 1 N–H and O–H groups in total. The maximum absolute atomic E-state index is 11.0. The molecule has 0 aliphatic carbocycles. The first-order chi connectivity index (χ1) is 8.08. The molecule has 0 saturated carbocycles. The summed E-state index contributed by atoms with van der Waals surface area (Å²) < 4.78 is 10.4. The van der Waals surface area contributed by atoms with Crippen LogP contribution in [0.2, 0.25) is 0 Å². The number of benzene rings is 1. The summed E-state index contributed by atoms with van der Waals surface area (Å²) in [5.41, 5.74) is 1.93. The van der Waals surface area contributed by atoms with E-state index in [9.17, 15) is 4.79 Å². The number of methoxy groups -OCH3 is 1. The summed E-state index contributed by atoms with van der Waals surface area (Å²) in [4.78, 5) is 11.0. The molecule has 0 radical (unpaired) electrons. The number of carbonyl (C=O) groups is 1. The molecule has 4 nitrogen and oxygen atoms in total. The number of hydrogen-bond donors (Lipinski definition) is 1. The number of rotatable bonds is 6. The van der Waals surface area contributed by atoms with Crippen LogP contribution in [0.3, 0.4) is 0 Å². The van der Waals surface area contributed by atoms with Crippen LogP contribution < -0.4 is 4.74 Å². The first-order valence-electron chi connectivity index (χ1n) is 5.56. The topological polar surface area (TPSA) is 55.8 Å². The number of carboxylic acid groups (broad SMARTS) is 1. The zero-order valence-electron chi connectivity index (χ0n) is 10.4. The predicted octanol–water partition coefficient (Wildman–Crippen LogP) is 2.04. The third kappa shape index (κ3) is 3.75. The minimum absolute atomic E-state index is 0.314. The van der Waals surface area contributed by atoms with E-state index in [4.69, 9.17) is 14.6 Å². The van der Waals surface area contributed by atoms with Crippen molar-refractivity contribution in [3.8, 4) is 5.75 Å². The zero-order chi connectivity index (χ0) is 12.8. The molecule has 0 aromatic heterocycles. The Labute approximate surface area is 101 Å². The van der Waals surface area contributed by atoms with Crippen LogP contribution >= 0.6 is 0 Å². The van der Waals surface area contributed by atoms with Gasteiger partial charge in [-0.25, -0.2) is 4.79 Å². The van der Waals surface area contributed by atoms with Gasteiger partial charge in [-0.05, 0) is 25.5 Å². The molecule has 94 valence electrons. The van der Waals surface area contributed by atoms with E-state index in [0.29, 0.717) is 18.8 Å². The summed E-state index contributed by atoms with van der Waals surface area (Å²) in [6.07, 6.45) is -0.510. The molecule has 1 rings (SSSR count). The Hall–Kier alpha value is -1.55. The number of aliphatic carboxylic acids is 1. The lowest BCUT2D eigenvalue weighted by molar-refractivity contribution is -0.149. The number of ether oxygens (including phenoxy) is 2. The second kappa shape index (κ2) is 6.25. The van der Waals surface area contributed by atoms with Crippen molar-refractivity contribution in [2.45, 2.75) is 26.4 Å². The van der Waals surface area contributed by atoms with Crippen LogP contribution in [0.15, 0.2) is 18.2 Å². The first-order valence-corrected chi connectivity index (χ1v) is 5.56. The Kier molecular flexibility index (Phi) is 4.97. The quantitative estimate of drug-likeness (QED) is 0.824. The average Bonchev–Trinajstić information content (AvgIpc) is 2.28. The van der Waals surface area contributed by atoms with Crippen molar-refractivity contribution < 1.29 is 19.4 Å². The molecule has 0 heterocycles. The molecule has 0 spiro atoms. The van der Waals surface area contributed by atoms with Gasteiger partial charge in [-0.3, -0.25) is 0 Å². The fraction of sp³-hybridized carbons (Fsp3) is 0.462. The molecule has 4 heteroatoms. The number of hydrogen-bond acceptors (Lipinski definition) is 3. The smallest absolute Gasteiger partial charge is 0.333 e. The summed E-state index contributed by atoms with van der Waals surface area (Å²) in [5.74, 6) is -0.253. The van der Waals surface area contributed by atoms with E-state index in [2.05, 4.69) is 0 Å². The Balaban J connectivity index is 2.91. The molecule has 1 aromatic rings. The molecule has 1 unspecified atom stereocenters. The van der Waals surface area contributed by atoms with Gasteiger partial charge in [0.2, 0.25) is 0 Å². The van der Waals surface area contributed by atoms with Gasteiger partial charge < -0.3 is 14.6 Å². The molecule has 0 fully saturated rings. The highest BCUT2D eigenvalue weighted by atomic mass is 16.5. The van der Waals surface area contributed by atoms with E-state index in [1.165, 1.54) is 0 Å². The van der Waals surface area contributed by atoms with Gasteiger partial charge in [0.1, 0.15) is 5.75 Å². The van der Waals surface area contributed by atoms with Crippen LogP contribution in [-0.2, 0) is 16.0 Å². The molecule has 1 aromatic carbocycles. The maximum atomic E-state index is 11.0. The summed E-state index contributed by atoms with van der Waals surface area (Å²) in [7, 11) is 1.57. The van der Waals surface area contributed by atoms with E-state index >= 15 is 0 Å². The molecule has 1 atom stereocenters. The van der Waals surface area contributed by atoms with Crippen molar-refractivity contribution in [2.75, 3.05) is 13.7 Å². The molecular formula is C13H18O4. The Morgan fingerprint density at radius 3 is 2.71 bits per heavy atom. The molecule has 0 amide bonds. The lowest BCUT2D eigenvalue weighted by Gasteiger charge is -2.15. The minimum atomic E-state index is -0.949. The van der Waals surface area contributed by atoms with Gasteiger partial charge in [0.25, 0.3) is 0 Å². The third-order valence-corrected chi connectivity index (χ3v) is 2.48. The average molecular weight is 238 g/mol. The molecule has 0 aliphatic heterocycles. The molecule has 0 saturated heterocycles. The van der Waals surface area contributed by atoms with Gasteiger partial charge in [0.05, 0.1) is 7.11 Å². The second-order valence-electron chi connectivity index (χ2n) is 3.80. The Morgan fingerprint density at radius 1 is 1.47 bits per heavy atom. The van der Waals surface area contributed by atoms with Crippen molar-refractivity contribution in [3.63, 3.8) is 0 Å². The van der Waals surface area contributed by atoms with Crippen LogP contribution in [0.4, 0.5) is 0 Å². The first kappa shape index (κ1) is 13.5. The minimum Gasteiger partial charge on any atom is -0.496 e. The Bertz CT molecular complexity index is 387.